The molecule has 0 radical (unpaired) electrons. The summed E-state index contributed by atoms with van der Waals surface area (Å²) in [6.07, 6.45) is 1.26. The SMILES string of the molecule is c1ccc([C@@H]2CCNCCS2)cc1. The summed E-state index contributed by atoms with van der Waals surface area (Å²) < 4.78 is 0. The summed E-state index contributed by atoms with van der Waals surface area (Å²) in [7, 11) is 0. The molecule has 1 saturated heterocycles. The van der Waals surface area contributed by atoms with Crippen molar-refractivity contribution >= 4 is 11.8 Å². The second-order valence-corrected chi connectivity index (χ2v) is 4.62. The molecule has 1 aromatic carbocycles. The van der Waals surface area contributed by atoms with Gasteiger partial charge in [0.2, 0.25) is 0 Å². The van der Waals surface area contributed by atoms with Gasteiger partial charge >= 0.3 is 0 Å². The third-order valence-corrected chi connectivity index (χ3v) is 3.70. The maximum atomic E-state index is 3.43. The highest BCUT2D eigenvalue weighted by molar-refractivity contribution is 7.99. The van der Waals surface area contributed by atoms with Crippen LogP contribution in [0.5, 0.6) is 0 Å². The molecule has 0 bridgehead atoms. The van der Waals surface area contributed by atoms with Gasteiger partial charge in [0.15, 0.2) is 0 Å². The monoisotopic (exact) mass is 193 g/mol. The van der Waals surface area contributed by atoms with Crippen LogP contribution in [0.2, 0.25) is 0 Å². The van der Waals surface area contributed by atoms with E-state index in [4.69, 9.17) is 0 Å². The zero-order valence-electron chi connectivity index (χ0n) is 7.70. The molecule has 0 aliphatic carbocycles. The topological polar surface area (TPSA) is 12.0 Å². The Kier molecular flexibility index (Phi) is 3.27. The summed E-state index contributed by atoms with van der Waals surface area (Å²) in [5.41, 5.74) is 1.48. The summed E-state index contributed by atoms with van der Waals surface area (Å²) in [5.74, 6) is 1.24. The van der Waals surface area contributed by atoms with Crippen LogP contribution < -0.4 is 5.32 Å². The minimum atomic E-state index is 0.705. The van der Waals surface area contributed by atoms with Crippen LogP contribution in [0, 0.1) is 0 Å². The highest BCUT2D eigenvalue weighted by Gasteiger charge is 2.13. The number of nitrogens with one attached hydrogen (secondary N) is 1. The first kappa shape index (κ1) is 9.10. The fourth-order valence-corrected chi connectivity index (χ4v) is 2.83. The summed E-state index contributed by atoms with van der Waals surface area (Å²) >= 11 is 2.07. The van der Waals surface area contributed by atoms with Crippen LogP contribution in [0.15, 0.2) is 30.3 Å². The quantitative estimate of drug-likeness (QED) is 0.735. The van der Waals surface area contributed by atoms with Crippen LogP contribution in [-0.4, -0.2) is 18.8 Å². The van der Waals surface area contributed by atoms with Crippen molar-refractivity contribution in [3.63, 3.8) is 0 Å². The van der Waals surface area contributed by atoms with Crippen LogP contribution in [0.4, 0.5) is 0 Å². The molecule has 1 atom stereocenters. The van der Waals surface area contributed by atoms with E-state index in [1.807, 2.05) is 0 Å². The van der Waals surface area contributed by atoms with Gasteiger partial charge in [-0.1, -0.05) is 30.3 Å². The second-order valence-electron chi connectivity index (χ2n) is 3.31. The largest absolute Gasteiger partial charge is 0.316 e. The molecule has 13 heavy (non-hydrogen) atoms. The van der Waals surface area contributed by atoms with Crippen molar-refractivity contribution in [3.05, 3.63) is 35.9 Å². The minimum Gasteiger partial charge on any atom is -0.316 e. The summed E-state index contributed by atoms with van der Waals surface area (Å²) in [5, 5.41) is 4.13. The van der Waals surface area contributed by atoms with Gasteiger partial charge < -0.3 is 5.32 Å². The molecule has 1 fully saturated rings. The van der Waals surface area contributed by atoms with E-state index in [1.165, 1.54) is 17.7 Å². The fourth-order valence-electron chi connectivity index (χ4n) is 1.65. The highest BCUT2D eigenvalue weighted by Crippen LogP contribution is 2.32. The van der Waals surface area contributed by atoms with Gasteiger partial charge in [-0.3, -0.25) is 0 Å². The maximum absolute atomic E-state index is 3.43. The van der Waals surface area contributed by atoms with Crippen LogP contribution in [0.25, 0.3) is 0 Å². The summed E-state index contributed by atoms with van der Waals surface area (Å²) in [6.45, 7) is 2.32. The van der Waals surface area contributed by atoms with E-state index in [0.717, 1.165) is 13.1 Å². The first-order chi connectivity index (χ1) is 6.47. The molecule has 1 aliphatic rings. The number of rotatable bonds is 1. The molecule has 2 heteroatoms. The number of benzene rings is 1. The first-order valence-electron chi connectivity index (χ1n) is 4.84. The normalized spacial score (nSPS) is 23.8. The van der Waals surface area contributed by atoms with Crippen molar-refractivity contribution < 1.29 is 0 Å². The van der Waals surface area contributed by atoms with E-state index in [0.29, 0.717) is 5.25 Å². The predicted octanol–water partition coefficient (Wildman–Crippen LogP) is 2.45. The molecule has 1 nitrogen and oxygen atoms in total. The molecule has 0 aromatic heterocycles. The Labute approximate surface area is 83.9 Å². The van der Waals surface area contributed by atoms with E-state index in [-0.39, 0.29) is 0 Å². The second kappa shape index (κ2) is 4.68. The van der Waals surface area contributed by atoms with Gasteiger partial charge in [0.25, 0.3) is 0 Å². The van der Waals surface area contributed by atoms with E-state index in [9.17, 15) is 0 Å². The molecule has 70 valence electrons. The van der Waals surface area contributed by atoms with Crippen molar-refractivity contribution in [1.29, 1.82) is 0 Å². The van der Waals surface area contributed by atoms with Gasteiger partial charge in [-0.25, -0.2) is 0 Å². The third-order valence-electron chi connectivity index (χ3n) is 2.35. The van der Waals surface area contributed by atoms with Gasteiger partial charge in [0.1, 0.15) is 0 Å². The molecule has 0 amide bonds. The molecule has 2 rings (SSSR count). The molecule has 1 heterocycles. The molecule has 0 spiro atoms. The van der Waals surface area contributed by atoms with E-state index in [1.54, 1.807) is 0 Å². The molecule has 1 aromatic rings. The van der Waals surface area contributed by atoms with E-state index < -0.39 is 0 Å². The Morgan fingerprint density at radius 2 is 2.00 bits per heavy atom. The smallest absolute Gasteiger partial charge is 0.0309 e. The molecule has 0 unspecified atom stereocenters. The standard InChI is InChI=1S/C11H15NS/c1-2-4-10(5-3-1)11-6-7-12-8-9-13-11/h1-5,11-12H,6-9H2/t11-/m0/s1. The minimum absolute atomic E-state index is 0.705. The Morgan fingerprint density at radius 1 is 1.15 bits per heavy atom. The van der Waals surface area contributed by atoms with E-state index >= 15 is 0 Å². The average Bonchev–Trinajstić information content (AvgIpc) is 2.47. The maximum Gasteiger partial charge on any atom is 0.0309 e. The highest BCUT2D eigenvalue weighted by atomic mass is 32.2. The molecule has 1 N–H and O–H groups in total. The van der Waals surface area contributed by atoms with Crippen molar-refractivity contribution in [2.24, 2.45) is 0 Å². The predicted molar refractivity (Wildman–Crippen MR) is 59.1 cm³/mol. The average molecular weight is 193 g/mol. The fraction of sp³-hybridized carbons (Fsp3) is 0.455. The lowest BCUT2D eigenvalue weighted by atomic mass is 10.1. The Hall–Kier alpha value is -0.470. The Balaban J connectivity index is 2.06. The number of thioether (sulfide) groups is 1. The van der Waals surface area contributed by atoms with Crippen molar-refractivity contribution in [1.82, 2.24) is 5.32 Å². The number of hydrogen-bond donors (Lipinski definition) is 1. The van der Waals surface area contributed by atoms with Gasteiger partial charge in [-0.05, 0) is 18.5 Å². The lowest BCUT2D eigenvalue weighted by Crippen LogP contribution is -2.15. The zero-order valence-corrected chi connectivity index (χ0v) is 8.52. The summed E-state index contributed by atoms with van der Waals surface area (Å²) in [4.78, 5) is 0. The Bertz CT molecular complexity index is 240. The van der Waals surface area contributed by atoms with Crippen molar-refractivity contribution in [2.75, 3.05) is 18.8 Å². The lowest BCUT2D eigenvalue weighted by molar-refractivity contribution is 0.687. The molecular formula is C11H15NS. The van der Waals surface area contributed by atoms with Crippen molar-refractivity contribution in [2.45, 2.75) is 11.7 Å². The summed E-state index contributed by atoms with van der Waals surface area (Å²) in [6, 6.07) is 10.8. The van der Waals surface area contributed by atoms with Crippen LogP contribution in [-0.2, 0) is 0 Å². The number of hydrogen-bond acceptors (Lipinski definition) is 2. The third kappa shape index (κ3) is 2.48. The van der Waals surface area contributed by atoms with Gasteiger partial charge in [0.05, 0.1) is 0 Å². The zero-order chi connectivity index (χ0) is 8.93. The Morgan fingerprint density at radius 3 is 2.85 bits per heavy atom. The van der Waals surface area contributed by atoms with Crippen molar-refractivity contribution in [3.8, 4) is 0 Å². The molecule has 0 saturated carbocycles. The lowest BCUT2D eigenvalue weighted by Gasteiger charge is -2.12. The van der Waals surface area contributed by atoms with Crippen LogP contribution in [0.1, 0.15) is 17.2 Å². The van der Waals surface area contributed by atoms with Crippen LogP contribution >= 0.6 is 11.8 Å². The van der Waals surface area contributed by atoms with Gasteiger partial charge in [-0.15, -0.1) is 0 Å². The van der Waals surface area contributed by atoms with Gasteiger partial charge in [-0.2, -0.15) is 11.8 Å². The van der Waals surface area contributed by atoms with Gasteiger partial charge in [0, 0.05) is 17.5 Å². The molecular weight excluding hydrogens is 178 g/mol. The first-order valence-corrected chi connectivity index (χ1v) is 5.89. The van der Waals surface area contributed by atoms with Crippen LogP contribution in [0.3, 0.4) is 0 Å². The molecule has 1 aliphatic heterocycles. The van der Waals surface area contributed by atoms with E-state index in [2.05, 4.69) is 47.4 Å².